The Labute approximate surface area is 115 Å². The minimum Gasteiger partial charge on any atom is -0.469 e. The fourth-order valence-corrected chi connectivity index (χ4v) is 2.66. The number of hydrogen-bond donors (Lipinski definition) is 1. The maximum Gasteiger partial charge on any atom is 0.219 e. The highest BCUT2D eigenvalue weighted by molar-refractivity contribution is 5.73. The van der Waals surface area contributed by atoms with Gasteiger partial charge in [-0.05, 0) is 38.3 Å². The van der Waals surface area contributed by atoms with Gasteiger partial charge in [-0.25, -0.2) is 0 Å². The lowest BCUT2D eigenvalue weighted by Crippen LogP contribution is -2.46. The predicted molar refractivity (Wildman–Crippen MR) is 74.9 cm³/mol. The molecule has 2 heterocycles. The van der Waals surface area contributed by atoms with E-state index in [1.807, 2.05) is 17.0 Å². The van der Waals surface area contributed by atoms with E-state index < -0.39 is 0 Å². The second kappa shape index (κ2) is 6.75. The van der Waals surface area contributed by atoms with Gasteiger partial charge in [-0.15, -0.1) is 0 Å². The number of aryl methyl sites for hydroxylation is 1. The summed E-state index contributed by atoms with van der Waals surface area (Å²) in [6.07, 6.45) is 5.91. The molecule has 1 aliphatic rings. The summed E-state index contributed by atoms with van der Waals surface area (Å²) in [5.41, 5.74) is 0. The SMILES string of the molecule is CC(=O)N1CCC(NC(C)CCc2ccco2)CC1. The summed E-state index contributed by atoms with van der Waals surface area (Å²) in [6, 6.07) is 4.99. The van der Waals surface area contributed by atoms with E-state index in [-0.39, 0.29) is 5.91 Å². The van der Waals surface area contributed by atoms with Crippen LogP contribution < -0.4 is 5.32 Å². The largest absolute Gasteiger partial charge is 0.469 e. The van der Waals surface area contributed by atoms with Crippen molar-refractivity contribution < 1.29 is 9.21 Å². The standard InChI is InChI=1S/C15H24N2O2/c1-12(5-6-15-4-3-11-19-15)16-14-7-9-17(10-8-14)13(2)18/h3-4,11-12,14,16H,5-10H2,1-2H3. The molecule has 0 aromatic carbocycles. The molecule has 106 valence electrons. The zero-order valence-corrected chi connectivity index (χ0v) is 11.9. The zero-order valence-electron chi connectivity index (χ0n) is 11.9. The van der Waals surface area contributed by atoms with Gasteiger partial charge < -0.3 is 14.6 Å². The van der Waals surface area contributed by atoms with Crippen LogP contribution in [0.3, 0.4) is 0 Å². The van der Waals surface area contributed by atoms with Gasteiger partial charge in [-0.1, -0.05) is 0 Å². The Bertz CT molecular complexity index is 381. The Morgan fingerprint density at radius 1 is 1.53 bits per heavy atom. The number of nitrogens with one attached hydrogen (secondary N) is 1. The lowest BCUT2D eigenvalue weighted by atomic mass is 10.0. The van der Waals surface area contributed by atoms with Gasteiger partial charge in [0.25, 0.3) is 0 Å². The van der Waals surface area contributed by atoms with E-state index in [1.54, 1.807) is 13.2 Å². The van der Waals surface area contributed by atoms with Gasteiger partial charge in [0, 0.05) is 38.5 Å². The molecule has 1 aromatic heterocycles. The van der Waals surface area contributed by atoms with Crippen LogP contribution in [-0.4, -0.2) is 36.0 Å². The van der Waals surface area contributed by atoms with Crippen molar-refractivity contribution in [2.24, 2.45) is 0 Å². The Morgan fingerprint density at radius 2 is 2.26 bits per heavy atom. The number of carbonyl (C=O) groups is 1. The molecule has 4 nitrogen and oxygen atoms in total. The van der Waals surface area contributed by atoms with E-state index in [9.17, 15) is 4.79 Å². The third-order valence-electron chi connectivity index (χ3n) is 3.86. The van der Waals surface area contributed by atoms with Crippen LogP contribution in [0.25, 0.3) is 0 Å². The monoisotopic (exact) mass is 264 g/mol. The van der Waals surface area contributed by atoms with Crippen molar-refractivity contribution in [1.29, 1.82) is 0 Å². The molecule has 0 saturated carbocycles. The predicted octanol–water partition coefficient (Wildman–Crippen LogP) is 2.20. The third kappa shape index (κ3) is 4.39. The maximum atomic E-state index is 11.3. The van der Waals surface area contributed by atoms with Gasteiger partial charge in [-0.2, -0.15) is 0 Å². The van der Waals surface area contributed by atoms with Gasteiger partial charge >= 0.3 is 0 Å². The molecule has 1 aliphatic heterocycles. The molecule has 4 heteroatoms. The summed E-state index contributed by atoms with van der Waals surface area (Å²) in [4.78, 5) is 13.2. The first-order chi connectivity index (χ1) is 9.15. The van der Waals surface area contributed by atoms with Crippen molar-refractivity contribution in [3.05, 3.63) is 24.2 Å². The fourth-order valence-electron chi connectivity index (χ4n) is 2.66. The van der Waals surface area contributed by atoms with E-state index >= 15 is 0 Å². The number of likely N-dealkylation sites (tertiary alicyclic amines) is 1. The Balaban J connectivity index is 1.66. The molecule has 0 aliphatic carbocycles. The lowest BCUT2D eigenvalue weighted by molar-refractivity contribution is -0.129. The zero-order chi connectivity index (χ0) is 13.7. The van der Waals surface area contributed by atoms with Crippen LogP contribution in [0.15, 0.2) is 22.8 Å². The van der Waals surface area contributed by atoms with Crippen LogP contribution in [0.5, 0.6) is 0 Å². The lowest BCUT2D eigenvalue weighted by Gasteiger charge is -2.33. The molecule has 1 saturated heterocycles. The number of furan rings is 1. The first kappa shape index (κ1) is 14.1. The molecule has 1 aromatic rings. The molecule has 1 amide bonds. The average molecular weight is 264 g/mol. The molecule has 0 radical (unpaired) electrons. The molecular formula is C15H24N2O2. The van der Waals surface area contributed by atoms with Crippen LogP contribution in [0.1, 0.15) is 38.9 Å². The van der Waals surface area contributed by atoms with E-state index in [4.69, 9.17) is 4.42 Å². The number of amides is 1. The van der Waals surface area contributed by atoms with Crippen molar-refractivity contribution in [3.63, 3.8) is 0 Å². The molecule has 1 N–H and O–H groups in total. The number of rotatable bonds is 5. The fraction of sp³-hybridized carbons (Fsp3) is 0.667. The molecule has 19 heavy (non-hydrogen) atoms. The second-order valence-corrected chi connectivity index (χ2v) is 5.47. The summed E-state index contributed by atoms with van der Waals surface area (Å²) in [7, 11) is 0. The van der Waals surface area contributed by atoms with Crippen molar-refractivity contribution >= 4 is 5.91 Å². The Kier molecular flexibility index (Phi) is 5.02. The molecule has 0 spiro atoms. The van der Waals surface area contributed by atoms with Crippen LogP contribution >= 0.6 is 0 Å². The Hall–Kier alpha value is -1.29. The summed E-state index contributed by atoms with van der Waals surface area (Å²) in [5, 5.41) is 3.66. The van der Waals surface area contributed by atoms with Crippen molar-refractivity contribution in [1.82, 2.24) is 10.2 Å². The molecule has 2 rings (SSSR count). The van der Waals surface area contributed by atoms with Crippen LogP contribution in [0.4, 0.5) is 0 Å². The second-order valence-electron chi connectivity index (χ2n) is 5.47. The summed E-state index contributed by atoms with van der Waals surface area (Å²) >= 11 is 0. The maximum absolute atomic E-state index is 11.3. The van der Waals surface area contributed by atoms with Gasteiger partial charge in [0.05, 0.1) is 6.26 Å². The average Bonchev–Trinajstić information content (AvgIpc) is 2.90. The molecule has 1 fully saturated rings. The first-order valence-corrected chi connectivity index (χ1v) is 7.19. The van der Waals surface area contributed by atoms with Crippen molar-refractivity contribution in [3.8, 4) is 0 Å². The third-order valence-corrected chi connectivity index (χ3v) is 3.86. The van der Waals surface area contributed by atoms with Gasteiger partial charge in [0.1, 0.15) is 5.76 Å². The normalized spacial score (nSPS) is 18.5. The number of nitrogens with zero attached hydrogens (tertiary/aromatic N) is 1. The minimum absolute atomic E-state index is 0.198. The van der Waals surface area contributed by atoms with E-state index in [0.29, 0.717) is 12.1 Å². The highest BCUT2D eigenvalue weighted by atomic mass is 16.3. The van der Waals surface area contributed by atoms with Crippen molar-refractivity contribution in [2.45, 2.75) is 51.6 Å². The summed E-state index contributed by atoms with van der Waals surface area (Å²) in [5.74, 6) is 1.25. The van der Waals surface area contributed by atoms with Gasteiger partial charge in [0.2, 0.25) is 5.91 Å². The van der Waals surface area contributed by atoms with Crippen molar-refractivity contribution in [2.75, 3.05) is 13.1 Å². The van der Waals surface area contributed by atoms with Gasteiger partial charge in [0.15, 0.2) is 0 Å². The number of carbonyl (C=O) groups excluding carboxylic acids is 1. The smallest absolute Gasteiger partial charge is 0.219 e. The van der Waals surface area contributed by atoms with Gasteiger partial charge in [-0.3, -0.25) is 4.79 Å². The quantitative estimate of drug-likeness (QED) is 0.887. The van der Waals surface area contributed by atoms with Crippen LogP contribution in [-0.2, 0) is 11.2 Å². The topological polar surface area (TPSA) is 45.5 Å². The van der Waals surface area contributed by atoms with E-state index in [0.717, 1.165) is 44.5 Å². The summed E-state index contributed by atoms with van der Waals surface area (Å²) in [6.45, 7) is 5.65. The minimum atomic E-state index is 0.198. The molecule has 0 bridgehead atoms. The first-order valence-electron chi connectivity index (χ1n) is 7.19. The summed E-state index contributed by atoms with van der Waals surface area (Å²) < 4.78 is 5.34. The molecule has 1 atom stereocenters. The van der Waals surface area contributed by atoms with Crippen LogP contribution in [0, 0.1) is 0 Å². The van der Waals surface area contributed by atoms with E-state index in [1.165, 1.54) is 0 Å². The Morgan fingerprint density at radius 3 is 2.84 bits per heavy atom. The highest BCUT2D eigenvalue weighted by Gasteiger charge is 2.21. The highest BCUT2D eigenvalue weighted by Crippen LogP contribution is 2.13. The van der Waals surface area contributed by atoms with E-state index in [2.05, 4.69) is 12.2 Å². The number of hydrogen-bond acceptors (Lipinski definition) is 3. The molecular weight excluding hydrogens is 240 g/mol. The van der Waals surface area contributed by atoms with Crippen LogP contribution in [0.2, 0.25) is 0 Å². The number of piperidine rings is 1. The molecule has 1 unspecified atom stereocenters.